The van der Waals surface area contributed by atoms with Gasteiger partial charge in [0.25, 0.3) is 0 Å². The first kappa shape index (κ1) is 153. The number of hydrogen-bond donors (Lipinski definition) is 8. The number of carbonyl (C=O) groups excluding carboxylic acids is 20. The van der Waals surface area contributed by atoms with E-state index < -0.39 is 250 Å². The van der Waals surface area contributed by atoms with Crippen LogP contribution in [0.1, 0.15) is 0 Å². The number of carbonyl (C=O) groups is 20. The third-order valence-electron chi connectivity index (χ3n) is 10.7. The fourth-order valence-corrected chi connectivity index (χ4v) is 7.21. The number of hydrogen-bond acceptors (Lipinski definition) is 50. The van der Waals surface area contributed by atoms with Gasteiger partial charge in [-0.3, -0.25) is 49.0 Å². The fraction of sp³-hybridized carbons (Fsp3) is 0.600. The summed E-state index contributed by atoms with van der Waals surface area (Å²) < 4.78 is 0. The number of rotatable bonds is 55. The molecule has 0 aromatic rings. The van der Waals surface area contributed by atoms with E-state index in [1.165, 1.54) is 0 Å². The molecule has 0 spiro atoms. The van der Waals surface area contributed by atoms with Crippen LogP contribution >= 0.6 is 0 Å². The molecule has 0 heterocycles. The van der Waals surface area contributed by atoms with Gasteiger partial charge in [-0.2, -0.15) is 0 Å². The molecule has 114 heavy (non-hydrogen) atoms. The smallest absolute Gasteiger partial charge is 0.549 e. The minimum atomic E-state index is -1.53. The van der Waals surface area contributed by atoms with E-state index in [0.717, 1.165) is 49.0 Å². The molecule has 60 nitrogen and oxygen atoms in total. The van der Waals surface area contributed by atoms with E-state index in [4.69, 9.17) is 0 Å². The molecule has 4 radical (unpaired) electrons. The maximum atomic E-state index is 10.4. The third-order valence-corrected chi connectivity index (χ3v) is 10.7. The van der Waals surface area contributed by atoms with E-state index in [2.05, 4.69) is 0 Å². The Bertz CT molecular complexity index is 2050. The molecule has 0 atom stereocenters. The zero-order chi connectivity index (χ0) is 78.5. The van der Waals surface area contributed by atoms with E-state index in [0.29, 0.717) is 0 Å². The molecule has 0 aliphatic rings. The van der Waals surface area contributed by atoms with Crippen LogP contribution in [-0.2, 0) is 164 Å². The van der Waals surface area contributed by atoms with Gasteiger partial charge in [0.2, 0.25) is 0 Å². The molecule has 0 rings (SSSR count). The Morgan fingerprint density at radius 1 is 0.123 bits per heavy atom. The van der Waals surface area contributed by atoms with Crippen molar-refractivity contribution in [3.63, 3.8) is 0 Å². The summed E-state index contributed by atoms with van der Waals surface area (Å²) in [7, 11) is 0. The van der Waals surface area contributed by atoms with Crippen LogP contribution in [0.4, 0.5) is 0 Å². The molecule has 0 aliphatic heterocycles. The first-order valence-corrected chi connectivity index (χ1v) is 27.2. The van der Waals surface area contributed by atoms with Crippen LogP contribution in [0, 0.1) is 0 Å². The second-order valence-corrected chi connectivity index (χ2v) is 19.5. The van der Waals surface area contributed by atoms with Gasteiger partial charge in [0.1, 0.15) is 0 Å². The topological polar surface area (TPSA) is 1190 Å². The second-order valence-electron chi connectivity index (χ2n) is 19.5. The van der Waals surface area contributed by atoms with E-state index >= 15 is 0 Å². The van der Waals surface area contributed by atoms with Crippen LogP contribution in [0.25, 0.3) is 0 Å². The summed E-state index contributed by atoms with van der Waals surface area (Å²) in [6.45, 7) is -16.3. The van der Waals surface area contributed by atoms with Crippen molar-refractivity contribution in [2.45, 2.75) is 0 Å². The van der Waals surface area contributed by atoms with Gasteiger partial charge in [0, 0.05) is 196 Å². The van der Waals surface area contributed by atoms with Crippen molar-refractivity contribution in [3.8, 4) is 0 Å². The Balaban J connectivity index is -0.0000000565. The monoisotopic (exact) mass is 1840 g/mol. The van der Waals surface area contributed by atoms with Crippen molar-refractivity contribution in [1.29, 1.82) is 0 Å². The number of nitrogens with zero attached hydrogens (tertiary/aromatic N) is 10. The van der Waals surface area contributed by atoms with Crippen molar-refractivity contribution in [1.82, 2.24) is 98.2 Å². The Hall–Kier alpha value is -9.32. The van der Waals surface area contributed by atoms with Gasteiger partial charge < -0.3 is 258 Å². The van der Waals surface area contributed by atoms with Crippen molar-refractivity contribution in [2.24, 2.45) is 0 Å². The van der Waals surface area contributed by atoms with E-state index in [-0.39, 0.29) is 194 Å². The van der Waals surface area contributed by atoms with Crippen molar-refractivity contribution < 1.29 is 277 Å². The molecular weight excluding hydrogens is 1750 g/mol. The van der Waals surface area contributed by atoms with Gasteiger partial charge in [-0.25, -0.2) is 0 Å². The summed E-state index contributed by atoms with van der Waals surface area (Å²) in [6, 6.07) is 0. The Kier molecular flexibility index (Phi) is 120. The molecule has 64 heteroatoms. The maximum Gasteiger partial charge on any atom is 3.00 e. The van der Waals surface area contributed by atoms with E-state index in [9.17, 15) is 198 Å². The molecule has 0 aromatic carbocycles. The van der Waals surface area contributed by atoms with Crippen molar-refractivity contribution >= 4 is 119 Å². The molecular formula is C50H96Fe4N18O42. The van der Waals surface area contributed by atoms with Crippen LogP contribution < -0.4 is 151 Å². The minimum absolute atomic E-state index is 0. The number of carboxylic acid groups (broad SMARTS) is 20. The maximum absolute atomic E-state index is 10.4. The summed E-state index contributed by atoms with van der Waals surface area (Å²) in [5.41, 5.74) is 0. The summed E-state index contributed by atoms with van der Waals surface area (Å²) in [5, 5.41) is 208. The molecule has 0 aromatic heterocycles. The summed E-state index contributed by atoms with van der Waals surface area (Å²) in [6.07, 6.45) is 0. The predicted octanol–water partition coefficient (Wildman–Crippen LogP) is -35.7. The number of aliphatic carboxylic acids is 20. The van der Waals surface area contributed by atoms with Gasteiger partial charge in [-0.05, 0) is 0 Å². The summed E-state index contributed by atoms with van der Waals surface area (Å²) >= 11 is 0. The molecule has 0 saturated heterocycles. The average molecular weight is 1840 g/mol. The summed E-state index contributed by atoms with van der Waals surface area (Å²) in [5.74, 6) is -30.6. The van der Waals surface area contributed by atoms with Gasteiger partial charge in [-0.1, -0.05) is 0 Å². The average Bonchev–Trinajstić information content (AvgIpc) is 0.956. The van der Waals surface area contributed by atoms with Crippen LogP contribution in [0.15, 0.2) is 0 Å². The molecule has 36 N–H and O–H groups in total. The number of quaternary nitrogens is 8. The van der Waals surface area contributed by atoms with Crippen LogP contribution in [0.3, 0.4) is 0 Å². The molecule has 0 bridgehead atoms. The molecule has 0 fully saturated rings. The fourth-order valence-electron chi connectivity index (χ4n) is 7.21. The van der Waals surface area contributed by atoms with Crippen LogP contribution in [0.2, 0.25) is 0 Å². The van der Waals surface area contributed by atoms with Crippen LogP contribution in [0.5, 0.6) is 0 Å². The zero-order valence-electron chi connectivity index (χ0n) is 62.4. The van der Waals surface area contributed by atoms with Gasteiger partial charge in [0.05, 0.1) is 119 Å². The minimum Gasteiger partial charge on any atom is -0.549 e. The van der Waals surface area contributed by atoms with E-state index in [1.54, 1.807) is 0 Å². The Morgan fingerprint density at radius 2 is 0.158 bits per heavy atom. The van der Waals surface area contributed by atoms with E-state index in [1.807, 2.05) is 0 Å². The van der Waals surface area contributed by atoms with Gasteiger partial charge in [-0.15, -0.1) is 0 Å². The predicted molar refractivity (Wildman–Crippen MR) is 320 cm³/mol. The first-order chi connectivity index (χ1) is 46.0. The largest absolute Gasteiger partial charge is 3.00 e. The molecule has 0 amide bonds. The quantitative estimate of drug-likeness (QED) is 0.0262. The van der Waals surface area contributed by atoms with Gasteiger partial charge >= 0.3 is 68.3 Å². The Labute approximate surface area is 688 Å². The number of carboxylic acids is 20. The van der Waals surface area contributed by atoms with Crippen molar-refractivity contribution in [2.75, 3.05) is 196 Å². The SMILES string of the molecule is O.O.O=C([O-])CN(CCN(CC(=O)[O-])CC(=O)[O-])CC(=O)[O-].O=C([O-])CN(CCN(CC(=O)[O-])CC(=O)[O-])CC(=O)[O-].O=C([O-])CN(CCN(CC(=O)[O-])CC(=O)[O-])CC(=O)[O-].O=C([O-])CN(CCN(CC(=O)[O-])CC(=O)[O-])CC(=O)[O-].O=C([O-])CN(CCN(CC(=O)[O-])CC(=O)[O-])CC(=O)[O-].[Fe+3].[Fe+3].[Fe+3].[Fe+3].[NH4+].[NH4+].[NH4+].[NH4+].[NH4+].[NH4+].[NH4+].[NH4+]. The summed E-state index contributed by atoms with van der Waals surface area (Å²) in [4.78, 5) is 217. The van der Waals surface area contributed by atoms with Gasteiger partial charge in [0.15, 0.2) is 0 Å². The van der Waals surface area contributed by atoms with Crippen LogP contribution in [-0.4, -0.2) is 376 Å². The zero-order valence-corrected chi connectivity index (χ0v) is 66.8. The second kappa shape index (κ2) is 89.2. The first-order valence-electron chi connectivity index (χ1n) is 27.2. The van der Waals surface area contributed by atoms with Crippen molar-refractivity contribution in [3.05, 3.63) is 0 Å². The molecule has 670 valence electrons. The molecule has 0 unspecified atom stereocenters. The normalized spacial score (nSPS) is 9.39. The molecule has 0 aliphatic carbocycles. The Morgan fingerprint density at radius 3 is 0.184 bits per heavy atom. The molecule has 0 saturated carbocycles. The standard InChI is InChI=1S/5C10H16N2O8.4Fe.8H3N.2H2O/c5*13-7(14)3-11(4-8(15)16)1-2-12(5-9(17)18)6-10(19)20;;;;;;;;;;;;;;/h5*1-6H2,(H,13,14)(H,15,16)(H,17,18)(H,19,20);;;;;8*1H3;2*1H2/q;;;;;4*+3;;;;;;;;;;/p-12. The third kappa shape index (κ3) is 116.